The summed E-state index contributed by atoms with van der Waals surface area (Å²) in [5, 5.41) is 13.1. The van der Waals surface area contributed by atoms with Crippen LogP contribution in [0.25, 0.3) is 0 Å². The Morgan fingerprint density at radius 1 is 1.20 bits per heavy atom. The van der Waals surface area contributed by atoms with Crippen LogP contribution in [0.4, 0.5) is 0 Å². The second kappa shape index (κ2) is 7.62. The van der Waals surface area contributed by atoms with E-state index in [1.807, 2.05) is 39.8 Å². The molecule has 0 radical (unpaired) electrons. The highest BCUT2D eigenvalue weighted by Gasteiger charge is 2.16. The zero-order valence-electron chi connectivity index (χ0n) is 13.2. The molecule has 4 nitrogen and oxygen atoms in total. The van der Waals surface area contributed by atoms with Gasteiger partial charge in [0, 0.05) is 20.2 Å². The third kappa shape index (κ3) is 6.37. The van der Waals surface area contributed by atoms with Crippen LogP contribution in [0.3, 0.4) is 0 Å². The molecule has 1 atom stereocenters. The van der Waals surface area contributed by atoms with E-state index in [9.17, 15) is 5.11 Å². The van der Waals surface area contributed by atoms with Gasteiger partial charge in [0.1, 0.15) is 18.5 Å². The Kier molecular flexibility index (Phi) is 6.46. The normalized spacial score (nSPS) is 13.3. The Morgan fingerprint density at radius 3 is 2.35 bits per heavy atom. The molecule has 0 amide bonds. The molecule has 0 fully saturated rings. The van der Waals surface area contributed by atoms with Crippen LogP contribution in [0, 0.1) is 13.8 Å². The van der Waals surface area contributed by atoms with Crippen molar-refractivity contribution >= 4 is 0 Å². The van der Waals surface area contributed by atoms with E-state index in [1.54, 1.807) is 7.11 Å². The lowest BCUT2D eigenvalue weighted by atomic mass is 10.1. The lowest BCUT2D eigenvalue weighted by molar-refractivity contribution is 0.0191. The first kappa shape index (κ1) is 17.0. The number of methoxy groups -OCH3 is 1. The molecule has 114 valence electrons. The monoisotopic (exact) mass is 281 g/mol. The molecule has 1 unspecified atom stereocenters. The van der Waals surface area contributed by atoms with Crippen molar-refractivity contribution in [1.29, 1.82) is 0 Å². The number of aryl methyl sites for hydroxylation is 2. The predicted octanol–water partition coefficient (Wildman–Crippen LogP) is 2.06. The first-order valence-corrected chi connectivity index (χ1v) is 6.97. The SMILES string of the molecule is COC(C)(C)CNCC(O)COc1cc(C)cc(C)c1. The molecule has 0 aliphatic heterocycles. The van der Waals surface area contributed by atoms with Gasteiger partial charge in [-0.2, -0.15) is 0 Å². The maximum absolute atomic E-state index is 9.89. The third-order valence-electron chi connectivity index (χ3n) is 3.12. The summed E-state index contributed by atoms with van der Waals surface area (Å²) in [6.45, 7) is 9.51. The largest absolute Gasteiger partial charge is 0.491 e. The van der Waals surface area contributed by atoms with Crippen molar-refractivity contribution in [3.63, 3.8) is 0 Å². The van der Waals surface area contributed by atoms with E-state index in [0.29, 0.717) is 13.1 Å². The molecule has 20 heavy (non-hydrogen) atoms. The average Bonchev–Trinajstić information content (AvgIpc) is 2.35. The maximum Gasteiger partial charge on any atom is 0.119 e. The Hall–Kier alpha value is -1.10. The molecule has 2 N–H and O–H groups in total. The highest BCUT2D eigenvalue weighted by atomic mass is 16.5. The average molecular weight is 281 g/mol. The molecular formula is C16H27NO3. The summed E-state index contributed by atoms with van der Waals surface area (Å²) in [5.41, 5.74) is 2.10. The summed E-state index contributed by atoms with van der Waals surface area (Å²) in [6, 6.07) is 6.04. The van der Waals surface area contributed by atoms with Crippen LogP contribution < -0.4 is 10.1 Å². The van der Waals surface area contributed by atoms with Gasteiger partial charge < -0.3 is 19.9 Å². The summed E-state index contributed by atoms with van der Waals surface area (Å²) in [4.78, 5) is 0. The van der Waals surface area contributed by atoms with Crippen LogP contribution in [0.5, 0.6) is 5.75 Å². The molecule has 0 aromatic heterocycles. The van der Waals surface area contributed by atoms with E-state index >= 15 is 0 Å². The van der Waals surface area contributed by atoms with Gasteiger partial charge in [0.25, 0.3) is 0 Å². The van der Waals surface area contributed by atoms with E-state index in [0.717, 1.165) is 16.9 Å². The van der Waals surface area contributed by atoms with Crippen LogP contribution in [0.2, 0.25) is 0 Å². The molecule has 0 heterocycles. The second-order valence-electron chi connectivity index (χ2n) is 5.88. The van der Waals surface area contributed by atoms with Gasteiger partial charge in [-0.05, 0) is 51.0 Å². The fraction of sp³-hybridized carbons (Fsp3) is 0.625. The number of benzene rings is 1. The van der Waals surface area contributed by atoms with Crippen molar-refractivity contribution in [3.8, 4) is 5.75 Å². The number of rotatable bonds is 8. The lowest BCUT2D eigenvalue weighted by Gasteiger charge is -2.24. The highest BCUT2D eigenvalue weighted by molar-refractivity contribution is 5.32. The van der Waals surface area contributed by atoms with E-state index in [2.05, 4.69) is 11.4 Å². The molecule has 1 aromatic carbocycles. The topological polar surface area (TPSA) is 50.7 Å². The van der Waals surface area contributed by atoms with Gasteiger partial charge in [0.2, 0.25) is 0 Å². The highest BCUT2D eigenvalue weighted by Crippen LogP contribution is 2.16. The molecule has 0 bridgehead atoms. The Labute approximate surface area is 122 Å². The van der Waals surface area contributed by atoms with Crippen LogP contribution in [0.15, 0.2) is 18.2 Å². The smallest absolute Gasteiger partial charge is 0.119 e. The van der Waals surface area contributed by atoms with Gasteiger partial charge >= 0.3 is 0 Å². The van der Waals surface area contributed by atoms with Crippen molar-refractivity contribution in [1.82, 2.24) is 5.32 Å². The molecule has 4 heteroatoms. The predicted molar refractivity (Wildman–Crippen MR) is 81.4 cm³/mol. The van der Waals surface area contributed by atoms with Crippen LogP contribution in [0.1, 0.15) is 25.0 Å². The maximum atomic E-state index is 9.89. The molecule has 1 rings (SSSR count). The van der Waals surface area contributed by atoms with E-state index < -0.39 is 6.10 Å². The molecular weight excluding hydrogens is 254 g/mol. The first-order chi connectivity index (χ1) is 9.32. The van der Waals surface area contributed by atoms with Gasteiger partial charge in [-0.1, -0.05) is 6.07 Å². The second-order valence-corrected chi connectivity index (χ2v) is 5.88. The Bertz CT molecular complexity index is 398. The lowest BCUT2D eigenvalue weighted by Crippen LogP contribution is -2.41. The van der Waals surface area contributed by atoms with Crippen LogP contribution >= 0.6 is 0 Å². The Morgan fingerprint density at radius 2 is 1.80 bits per heavy atom. The standard InChI is InChI=1S/C16H27NO3/c1-12-6-13(2)8-15(7-12)20-10-14(18)9-17-11-16(3,4)19-5/h6-8,14,17-18H,9-11H2,1-5H3. The fourth-order valence-electron chi connectivity index (χ4n) is 1.88. The van der Waals surface area contributed by atoms with Gasteiger partial charge in [0.05, 0.1) is 5.60 Å². The minimum Gasteiger partial charge on any atom is -0.491 e. The summed E-state index contributed by atoms with van der Waals surface area (Å²) < 4.78 is 10.9. The molecule has 0 aliphatic rings. The van der Waals surface area contributed by atoms with Gasteiger partial charge in [-0.25, -0.2) is 0 Å². The van der Waals surface area contributed by atoms with Crippen molar-refractivity contribution in [2.24, 2.45) is 0 Å². The number of ether oxygens (including phenoxy) is 2. The summed E-state index contributed by atoms with van der Waals surface area (Å²) in [7, 11) is 1.68. The molecule has 0 aliphatic carbocycles. The van der Waals surface area contributed by atoms with E-state index in [1.165, 1.54) is 0 Å². The van der Waals surface area contributed by atoms with Crippen molar-refractivity contribution in [2.75, 3.05) is 26.8 Å². The number of hydrogen-bond acceptors (Lipinski definition) is 4. The molecule has 0 saturated heterocycles. The zero-order valence-corrected chi connectivity index (χ0v) is 13.2. The summed E-state index contributed by atoms with van der Waals surface area (Å²) in [6.07, 6.45) is -0.538. The van der Waals surface area contributed by atoms with Gasteiger partial charge in [-0.15, -0.1) is 0 Å². The minimum atomic E-state index is -0.538. The first-order valence-electron chi connectivity index (χ1n) is 6.97. The summed E-state index contributed by atoms with van der Waals surface area (Å²) >= 11 is 0. The zero-order chi connectivity index (χ0) is 15.2. The number of aliphatic hydroxyl groups excluding tert-OH is 1. The van der Waals surface area contributed by atoms with Crippen molar-refractivity contribution in [3.05, 3.63) is 29.3 Å². The minimum absolute atomic E-state index is 0.228. The molecule has 1 aromatic rings. The van der Waals surface area contributed by atoms with Gasteiger partial charge in [0.15, 0.2) is 0 Å². The molecule has 0 spiro atoms. The van der Waals surface area contributed by atoms with E-state index in [-0.39, 0.29) is 12.2 Å². The van der Waals surface area contributed by atoms with Crippen molar-refractivity contribution < 1.29 is 14.6 Å². The number of nitrogens with one attached hydrogen (secondary N) is 1. The third-order valence-corrected chi connectivity index (χ3v) is 3.12. The summed E-state index contributed by atoms with van der Waals surface area (Å²) in [5.74, 6) is 0.804. The van der Waals surface area contributed by atoms with E-state index in [4.69, 9.17) is 9.47 Å². The molecule has 0 saturated carbocycles. The van der Waals surface area contributed by atoms with Crippen molar-refractivity contribution in [2.45, 2.75) is 39.4 Å². The number of hydrogen-bond donors (Lipinski definition) is 2. The Balaban J connectivity index is 2.31. The fourth-order valence-corrected chi connectivity index (χ4v) is 1.88. The van der Waals surface area contributed by atoms with Crippen LogP contribution in [-0.4, -0.2) is 43.6 Å². The van der Waals surface area contributed by atoms with Gasteiger partial charge in [-0.3, -0.25) is 0 Å². The quantitative estimate of drug-likeness (QED) is 0.766. The number of aliphatic hydroxyl groups is 1. The van der Waals surface area contributed by atoms with Crippen LogP contribution in [-0.2, 0) is 4.74 Å².